The Labute approximate surface area is 97.9 Å². The standard InChI is InChI=1S/C12H13NO2S/c1-3-8(2)9-4-6-10(7-5-9)11-13-16-12(14)15-11/h4-8H,3H2,1-2H3. The second kappa shape index (κ2) is 4.61. The highest BCUT2D eigenvalue weighted by molar-refractivity contribution is 7.02. The van der Waals surface area contributed by atoms with Crippen LogP contribution in [0.4, 0.5) is 0 Å². The van der Waals surface area contributed by atoms with E-state index >= 15 is 0 Å². The predicted molar refractivity (Wildman–Crippen MR) is 64.8 cm³/mol. The van der Waals surface area contributed by atoms with Gasteiger partial charge >= 0.3 is 4.94 Å². The van der Waals surface area contributed by atoms with E-state index in [1.54, 1.807) is 0 Å². The van der Waals surface area contributed by atoms with Gasteiger partial charge < -0.3 is 4.42 Å². The molecule has 1 atom stereocenters. The van der Waals surface area contributed by atoms with Gasteiger partial charge in [-0.05, 0) is 30.0 Å². The molecule has 0 amide bonds. The van der Waals surface area contributed by atoms with Gasteiger partial charge in [-0.15, -0.1) is 4.37 Å². The molecule has 0 fully saturated rings. The number of hydrogen-bond donors (Lipinski definition) is 0. The van der Waals surface area contributed by atoms with Crippen LogP contribution in [0, 0.1) is 0 Å². The van der Waals surface area contributed by atoms with Gasteiger partial charge in [-0.3, -0.25) is 0 Å². The summed E-state index contributed by atoms with van der Waals surface area (Å²) in [4.78, 5) is 10.5. The van der Waals surface area contributed by atoms with Crippen LogP contribution in [0.25, 0.3) is 11.5 Å². The van der Waals surface area contributed by atoms with Gasteiger partial charge in [-0.25, -0.2) is 4.79 Å². The summed E-state index contributed by atoms with van der Waals surface area (Å²) in [6.45, 7) is 4.36. The van der Waals surface area contributed by atoms with Crippen LogP contribution >= 0.6 is 11.5 Å². The normalized spacial score (nSPS) is 12.6. The zero-order valence-electron chi connectivity index (χ0n) is 9.27. The van der Waals surface area contributed by atoms with Gasteiger partial charge in [-0.2, -0.15) is 0 Å². The Hall–Kier alpha value is -1.42. The van der Waals surface area contributed by atoms with Crippen LogP contribution in [0.5, 0.6) is 0 Å². The van der Waals surface area contributed by atoms with Crippen molar-refractivity contribution in [3.05, 3.63) is 39.6 Å². The fraction of sp³-hybridized carbons (Fsp3) is 0.333. The molecule has 1 heterocycles. The van der Waals surface area contributed by atoms with Crippen LogP contribution in [0.1, 0.15) is 31.7 Å². The van der Waals surface area contributed by atoms with E-state index in [1.807, 2.05) is 12.1 Å². The minimum atomic E-state index is -0.360. The highest BCUT2D eigenvalue weighted by Crippen LogP contribution is 2.22. The summed E-state index contributed by atoms with van der Waals surface area (Å²) in [5.74, 6) is 0.960. The van der Waals surface area contributed by atoms with Crippen LogP contribution in [-0.4, -0.2) is 4.37 Å². The first-order valence-corrected chi connectivity index (χ1v) is 6.05. The lowest BCUT2D eigenvalue weighted by atomic mass is 9.98. The Bertz CT molecular complexity index is 512. The van der Waals surface area contributed by atoms with Gasteiger partial charge in [0.15, 0.2) is 0 Å². The molecule has 0 radical (unpaired) electrons. The summed E-state index contributed by atoms with van der Waals surface area (Å²) in [6.07, 6.45) is 1.12. The second-order valence-corrected chi connectivity index (χ2v) is 4.47. The predicted octanol–water partition coefficient (Wildman–Crippen LogP) is 3.28. The fourth-order valence-electron chi connectivity index (χ4n) is 1.50. The van der Waals surface area contributed by atoms with Crippen molar-refractivity contribution < 1.29 is 4.42 Å². The number of nitrogens with zero attached hydrogens (tertiary/aromatic N) is 1. The molecule has 16 heavy (non-hydrogen) atoms. The molecule has 1 unspecified atom stereocenters. The van der Waals surface area contributed by atoms with Crippen molar-refractivity contribution in [2.45, 2.75) is 26.2 Å². The summed E-state index contributed by atoms with van der Waals surface area (Å²) < 4.78 is 8.89. The molecule has 2 rings (SSSR count). The van der Waals surface area contributed by atoms with E-state index in [2.05, 4.69) is 30.4 Å². The molecule has 0 bridgehead atoms. The molecule has 0 spiro atoms. The van der Waals surface area contributed by atoms with Crippen LogP contribution in [0.2, 0.25) is 0 Å². The van der Waals surface area contributed by atoms with Gasteiger partial charge in [0.25, 0.3) is 0 Å². The smallest absolute Gasteiger partial charge is 0.394 e. The van der Waals surface area contributed by atoms with Crippen LogP contribution < -0.4 is 4.94 Å². The lowest BCUT2D eigenvalue weighted by molar-refractivity contribution is 0.543. The van der Waals surface area contributed by atoms with Crippen molar-refractivity contribution >= 4 is 11.5 Å². The quantitative estimate of drug-likeness (QED) is 0.820. The molecule has 0 aliphatic rings. The molecule has 0 aliphatic carbocycles. The minimum Gasteiger partial charge on any atom is -0.394 e. The van der Waals surface area contributed by atoms with E-state index < -0.39 is 0 Å². The largest absolute Gasteiger partial charge is 0.414 e. The first-order chi connectivity index (χ1) is 7.70. The first-order valence-electron chi connectivity index (χ1n) is 5.28. The Balaban J connectivity index is 2.29. The summed E-state index contributed by atoms with van der Waals surface area (Å²) in [7, 11) is 0. The minimum absolute atomic E-state index is 0.360. The zero-order chi connectivity index (χ0) is 11.5. The third kappa shape index (κ3) is 2.22. The number of rotatable bonds is 3. The highest BCUT2D eigenvalue weighted by Gasteiger charge is 2.07. The number of benzene rings is 1. The molecule has 4 heteroatoms. The van der Waals surface area contributed by atoms with Crippen molar-refractivity contribution in [1.82, 2.24) is 4.37 Å². The lowest BCUT2D eigenvalue weighted by Gasteiger charge is -2.08. The molecule has 0 saturated heterocycles. The molecule has 1 aromatic carbocycles. The maximum atomic E-state index is 10.9. The van der Waals surface area contributed by atoms with Crippen molar-refractivity contribution in [2.24, 2.45) is 0 Å². The topological polar surface area (TPSA) is 43.1 Å². The Morgan fingerprint density at radius 3 is 2.56 bits per heavy atom. The van der Waals surface area contributed by atoms with Gasteiger partial charge in [0.1, 0.15) is 0 Å². The zero-order valence-corrected chi connectivity index (χ0v) is 10.1. The average Bonchev–Trinajstić information content (AvgIpc) is 2.75. The van der Waals surface area contributed by atoms with E-state index in [9.17, 15) is 4.79 Å². The third-order valence-electron chi connectivity index (χ3n) is 2.72. The molecule has 3 nitrogen and oxygen atoms in total. The highest BCUT2D eigenvalue weighted by atomic mass is 32.1. The number of aromatic nitrogens is 1. The fourth-order valence-corrected chi connectivity index (χ4v) is 1.91. The molecule has 1 aromatic heterocycles. The summed E-state index contributed by atoms with van der Waals surface area (Å²) in [6, 6.07) is 8.00. The van der Waals surface area contributed by atoms with E-state index in [4.69, 9.17) is 4.42 Å². The Morgan fingerprint density at radius 2 is 2.06 bits per heavy atom. The molecular formula is C12H13NO2S. The van der Waals surface area contributed by atoms with E-state index in [1.165, 1.54) is 5.56 Å². The maximum Gasteiger partial charge on any atom is 0.414 e. The van der Waals surface area contributed by atoms with Crippen LogP contribution in [0.15, 0.2) is 33.5 Å². The SMILES string of the molecule is CCC(C)c1ccc(-c2nsc(=O)o2)cc1. The van der Waals surface area contributed by atoms with Crippen LogP contribution in [0.3, 0.4) is 0 Å². The monoisotopic (exact) mass is 235 g/mol. The Morgan fingerprint density at radius 1 is 1.38 bits per heavy atom. The van der Waals surface area contributed by atoms with Gasteiger partial charge in [0, 0.05) is 5.56 Å². The summed E-state index contributed by atoms with van der Waals surface area (Å²) >= 11 is 0.842. The molecule has 0 aliphatic heterocycles. The van der Waals surface area contributed by atoms with Crippen LogP contribution in [-0.2, 0) is 0 Å². The molecular weight excluding hydrogens is 222 g/mol. The molecule has 0 saturated carbocycles. The van der Waals surface area contributed by atoms with Gasteiger partial charge in [0.05, 0.1) is 11.5 Å². The van der Waals surface area contributed by atoms with Crippen molar-refractivity contribution in [1.29, 1.82) is 0 Å². The second-order valence-electron chi connectivity index (χ2n) is 3.77. The lowest BCUT2D eigenvalue weighted by Crippen LogP contribution is -1.90. The first kappa shape index (κ1) is 11.1. The Kier molecular flexibility index (Phi) is 3.19. The van der Waals surface area contributed by atoms with Gasteiger partial charge in [0.2, 0.25) is 5.89 Å². The number of hydrogen-bond acceptors (Lipinski definition) is 4. The van der Waals surface area contributed by atoms with Crippen molar-refractivity contribution in [2.75, 3.05) is 0 Å². The third-order valence-corrected chi connectivity index (χ3v) is 3.21. The molecule has 84 valence electrons. The summed E-state index contributed by atoms with van der Waals surface area (Å²) in [5.41, 5.74) is 2.15. The molecule has 2 aromatic rings. The maximum absolute atomic E-state index is 10.9. The van der Waals surface area contributed by atoms with Crippen molar-refractivity contribution in [3.8, 4) is 11.5 Å². The molecule has 0 N–H and O–H groups in total. The van der Waals surface area contributed by atoms with Crippen molar-refractivity contribution in [3.63, 3.8) is 0 Å². The average molecular weight is 235 g/mol. The van der Waals surface area contributed by atoms with Gasteiger partial charge in [-0.1, -0.05) is 26.0 Å². The summed E-state index contributed by atoms with van der Waals surface area (Å²) in [5, 5.41) is 0. The van der Waals surface area contributed by atoms with E-state index in [0.29, 0.717) is 11.8 Å². The van der Waals surface area contributed by atoms with E-state index in [0.717, 1.165) is 23.5 Å². The van der Waals surface area contributed by atoms with E-state index in [-0.39, 0.29) is 4.94 Å².